The van der Waals surface area contributed by atoms with E-state index in [2.05, 4.69) is 39.9 Å². The molecule has 1 aromatic carbocycles. The van der Waals surface area contributed by atoms with Gasteiger partial charge in [-0.25, -0.2) is 0 Å². The Kier molecular flexibility index (Phi) is 4.50. The maximum atomic E-state index is 12.5. The standard InChI is InChI=1S/C17H26O2Si/c1-17(2,3)16(19-20(4)5)14-9-7-6-8-13(14)15(18)12-10-11-12/h6-9,12,16,20H,10-11H2,1-5H3. The van der Waals surface area contributed by atoms with Crippen molar-refractivity contribution in [3.63, 3.8) is 0 Å². The van der Waals surface area contributed by atoms with Crippen LogP contribution in [0, 0.1) is 11.3 Å². The topological polar surface area (TPSA) is 26.3 Å². The summed E-state index contributed by atoms with van der Waals surface area (Å²) >= 11 is 0. The molecule has 2 nitrogen and oxygen atoms in total. The second-order valence-electron chi connectivity index (χ2n) is 7.16. The molecule has 0 spiro atoms. The summed E-state index contributed by atoms with van der Waals surface area (Å²) < 4.78 is 6.28. The third-order valence-electron chi connectivity index (χ3n) is 3.65. The lowest BCUT2D eigenvalue weighted by atomic mass is 9.82. The molecule has 0 amide bonds. The number of hydrogen-bond acceptors (Lipinski definition) is 2. The van der Waals surface area contributed by atoms with Gasteiger partial charge in [0.15, 0.2) is 14.8 Å². The van der Waals surface area contributed by atoms with E-state index in [0.717, 1.165) is 24.0 Å². The fourth-order valence-electron chi connectivity index (χ4n) is 2.53. The van der Waals surface area contributed by atoms with Crippen LogP contribution in [-0.2, 0) is 4.43 Å². The van der Waals surface area contributed by atoms with Crippen molar-refractivity contribution in [2.45, 2.75) is 52.8 Å². The van der Waals surface area contributed by atoms with Crippen molar-refractivity contribution in [2.75, 3.05) is 0 Å². The van der Waals surface area contributed by atoms with E-state index < -0.39 is 9.04 Å². The first-order valence-electron chi connectivity index (χ1n) is 7.59. The van der Waals surface area contributed by atoms with Crippen molar-refractivity contribution in [1.29, 1.82) is 0 Å². The largest absolute Gasteiger partial charge is 0.413 e. The van der Waals surface area contributed by atoms with Crippen LogP contribution in [0.5, 0.6) is 0 Å². The van der Waals surface area contributed by atoms with E-state index in [0.29, 0.717) is 5.78 Å². The number of carbonyl (C=O) groups excluding carboxylic acids is 1. The van der Waals surface area contributed by atoms with Gasteiger partial charge in [0.05, 0.1) is 6.10 Å². The lowest BCUT2D eigenvalue weighted by molar-refractivity contribution is 0.0826. The third-order valence-corrected chi connectivity index (χ3v) is 4.47. The molecular weight excluding hydrogens is 264 g/mol. The Bertz CT molecular complexity index is 484. The van der Waals surface area contributed by atoms with E-state index in [1.54, 1.807) is 0 Å². The Labute approximate surface area is 124 Å². The zero-order valence-corrected chi connectivity index (χ0v) is 14.4. The fourth-order valence-corrected chi connectivity index (χ4v) is 3.63. The van der Waals surface area contributed by atoms with E-state index in [1.165, 1.54) is 0 Å². The van der Waals surface area contributed by atoms with E-state index in [1.807, 2.05) is 18.2 Å². The van der Waals surface area contributed by atoms with Gasteiger partial charge >= 0.3 is 0 Å². The molecule has 2 rings (SSSR count). The summed E-state index contributed by atoms with van der Waals surface area (Å²) in [7, 11) is -1.17. The first-order chi connectivity index (χ1) is 9.30. The lowest BCUT2D eigenvalue weighted by Gasteiger charge is -2.34. The quantitative estimate of drug-likeness (QED) is 0.594. The highest BCUT2D eigenvalue weighted by molar-refractivity contribution is 6.48. The summed E-state index contributed by atoms with van der Waals surface area (Å²) in [6.07, 6.45) is 2.10. The van der Waals surface area contributed by atoms with Crippen molar-refractivity contribution in [2.24, 2.45) is 11.3 Å². The van der Waals surface area contributed by atoms with Gasteiger partial charge in [-0.2, -0.15) is 0 Å². The smallest absolute Gasteiger partial charge is 0.171 e. The molecule has 1 unspecified atom stereocenters. The minimum Gasteiger partial charge on any atom is -0.413 e. The number of carbonyl (C=O) groups is 1. The Morgan fingerprint density at radius 3 is 2.35 bits per heavy atom. The average Bonchev–Trinajstić information content (AvgIpc) is 3.18. The predicted molar refractivity (Wildman–Crippen MR) is 85.7 cm³/mol. The van der Waals surface area contributed by atoms with Crippen LogP contribution in [0.3, 0.4) is 0 Å². The van der Waals surface area contributed by atoms with Gasteiger partial charge in [-0.3, -0.25) is 4.79 Å². The van der Waals surface area contributed by atoms with Gasteiger partial charge in [-0.1, -0.05) is 45.0 Å². The number of benzene rings is 1. The Morgan fingerprint density at radius 2 is 1.85 bits per heavy atom. The average molecular weight is 290 g/mol. The van der Waals surface area contributed by atoms with E-state index in [-0.39, 0.29) is 17.4 Å². The molecule has 1 fully saturated rings. The molecule has 1 aliphatic rings. The van der Waals surface area contributed by atoms with Crippen molar-refractivity contribution in [1.82, 2.24) is 0 Å². The highest BCUT2D eigenvalue weighted by Crippen LogP contribution is 2.40. The highest BCUT2D eigenvalue weighted by Gasteiger charge is 2.35. The maximum Gasteiger partial charge on any atom is 0.171 e. The molecule has 1 saturated carbocycles. The van der Waals surface area contributed by atoms with Crippen LogP contribution in [0.4, 0.5) is 0 Å². The Hall–Kier alpha value is -0.933. The minimum absolute atomic E-state index is 0.00277. The van der Waals surface area contributed by atoms with Gasteiger partial charge in [-0.15, -0.1) is 0 Å². The summed E-state index contributed by atoms with van der Waals surface area (Å²) in [6.45, 7) is 10.9. The van der Waals surface area contributed by atoms with Gasteiger partial charge in [0.25, 0.3) is 0 Å². The van der Waals surface area contributed by atoms with Gasteiger partial charge in [0, 0.05) is 11.5 Å². The molecule has 0 radical (unpaired) electrons. The second-order valence-corrected chi connectivity index (χ2v) is 9.53. The van der Waals surface area contributed by atoms with Gasteiger partial charge in [0.1, 0.15) is 0 Å². The summed E-state index contributed by atoms with van der Waals surface area (Å²) in [5.74, 6) is 0.567. The molecule has 0 N–H and O–H groups in total. The number of ketones is 1. The van der Waals surface area contributed by atoms with Crippen LogP contribution in [0.2, 0.25) is 13.1 Å². The van der Waals surface area contributed by atoms with Crippen LogP contribution in [0.25, 0.3) is 0 Å². The zero-order valence-electron chi connectivity index (χ0n) is 13.3. The normalized spacial score (nSPS) is 17.3. The van der Waals surface area contributed by atoms with Crippen LogP contribution in [-0.4, -0.2) is 14.8 Å². The Balaban J connectivity index is 2.39. The molecule has 1 atom stereocenters. The zero-order chi connectivity index (χ0) is 14.9. The van der Waals surface area contributed by atoms with E-state index in [4.69, 9.17) is 4.43 Å². The predicted octanol–water partition coefficient (Wildman–Crippen LogP) is 4.37. The van der Waals surface area contributed by atoms with E-state index in [9.17, 15) is 4.79 Å². The molecule has 0 aliphatic heterocycles. The maximum absolute atomic E-state index is 12.5. The molecule has 1 aliphatic carbocycles. The molecule has 20 heavy (non-hydrogen) atoms. The number of hydrogen-bond donors (Lipinski definition) is 0. The van der Waals surface area contributed by atoms with Gasteiger partial charge in [0.2, 0.25) is 0 Å². The van der Waals surface area contributed by atoms with Crippen molar-refractivity contribution < 1.29 is 9.22 Å². The van der Waals surface area contributed by atoms with Crippen LogP contribution in [0.1, 0.15) is 55.6 Å². The van der Waals surface area contributed by atoms with Crippen LogP contribution < -0.4 is 0 Å². The fraction of sp³-hybridized carbons (Fsp3) is 0.588. The van der Waals surface area contributed by atoms with Crippen molar-refractivity contribution in [3.05, 3.63) is 35.4 Å². The molecule has 110 valence electrons. The molecule has 0 bridgehead atoms. The molecule has 0 heterocycles. The Morgan fingerprint density at radius 1 is 1.25 bits per heavy atom. The van der Waals surface area contributed by atoms with Crippen molar-refractivity contribution in [3.8, 4) is 0 Å². The van der Waals surface area contributed by atoms with Gasteiger partial charge < -0.3 is 4.43 Å². The molecule has 3 heteroatoms. The van der Waals surface area contributed by atoms with Crippen molar-refractivity contribution >= 4 is 14.8 Å². The SMILES string of the molecule is C[SiH](C)OC(c1ccccc1C(=O)C1CC1)C(C)(C)C. The van der Waals surface area contributed by atoms with Crippen LogP contribution >= 0.6 is 0 Å². The monoisotopic (exact) mass is 290 g/mol. The molecule has 0 aromatic heterocycles. The minimum atomic E-state index is -1.17. The highest BCUT2D eigenvalue weighted by atomic mass is 28.3. The molecule has 0 saturated heterocycles. The number of Topliss-reactive ketones (excluding diaryl/α,β-unsaturated/α-hetero) is 1. The molecular formula is C17H26O2Si. The summed E-state index contributed by atoms with van der Waals surface area (Å²) in [5, 5.41) is 0. The van der Waals surface area contributed by atoms with E-state index >= 15 is 0 Å². The van der Waals surface area contributed by atoms with Gasteiger partial charge in [-0.05, 0) is 36.9 Å². The molecule has 1 aromatic rings. The van der Waals surface area contributed by atoms with Crippen LogP contribution in [0.15, 0.2) is 24.3 Å². The third kappa shape index (κ3) is 3.58. The summed E-state index contributed by atoms with van der Waals surface area (Å²) in [5.41, 5.74) is 1.96. The first-order valence-corrected chi connectivity index (χ1v) is 10.4. The number of rotatable bonds is 5. The second kappa shape index (κ2) is 5.82. The summed E-state index contributed by atoms with van der Waals surface area (Å²) in [4.78, 5) is 12.5. The summed E-state index contributed by atoms with van der Waals surface area (Å²) in [6, 6.07) is 8.02. The lowest BCUT2D eigenvalue weighted by Crippen LogP contribution is -2.27. The first kappa shape index (κ1) is 15.5.